The number of rotatable bonds is 3. The molecular formula is C16H24N2O. The summed E-state index contributed by atoms with van der Waals surface area (Å²) < 4.78 is 0. The van der Waals surface area contributed by atoms with Crippen molar-refractivity contribution in [1.82, 2.24) is 5.32 Å². The highest BCUT2D eigenvalue weighted by atomic mass is 16.1. The molecule has 0 heterocycles. The summed E-state index contributed by atoms with van der Waals surface area (Å²) in [5.41, 5.74) is 1.82. The van der Waals surface area contributed by atoms with Gasteiger partial charge in [0.15, 0.2) is 0 Å². The average molecular weight is 260 g/mol. The van der Waals surface area contributed by atoms with Crippen LogP contribution in [0.5, 0.6) is 0 Å². The van der Waals surface area contributed by atoms with E-state index in [0.717, 1.165) is 11.6 Å². The van der Waals surface area contributed by atoms with Crippen LogP contribution in [0.15, 0.2) is 24.3 Å². The highest BCUT2D eigenvalue weighted by Gasteiger charge is 2.26. The van der Waals surface area contributed by atoms with Gasteiger partial charge in [-0.15, -0.1) is 0 Å². The van der Waals surface area contributed by atoms with Crippen LogP contribution in [0.3, 0.4) is 0 Å². The second-order valence-corrected chi connectivity index (χ2v) is 5.67. The molecule has 19 heavy (non-hydrogen) atoms. The molecular weight excluding hydrogens is 236 g/mol. The molecule has 0 saturated heterocycles. The molecule has 2 N–H and O–H groups in total. The van der Waals surface area contributed by atoms with Gasteiger partial charge in [-0.3, -0.25) is 4.79 Å². The molecule has 0 spiro atoms. The number of carbonyl (C=O) groups excluding carboxylic acids is 1. The second-order valence-electron chi connectivity index (χ2n) is 5.67. The van der Waals surface area contributed by atoms with Gasteiger partial charge in [0.25, 0.3) is 5.91 Å². The van der Waals surface area contributed by atoms with Crippen molar-refractivity contribution >= 4 is 11.6 Å². The monoisotopic (exact) mass is 260 g/mol. The van der Waals surface area contributed by atoms with Crippen LogP contribution in [0.4, 0.5) is 5.69 Å². The molecule has 1 fully saturated rings. The summed E-state index contributed by atoms with van der Waals surface area (Å²) >= 11 is 0. The van der Waals surface area contributed by atoms with E-state index in [-0.39, 0.29) is 5.91 Å². The van der Waals surface area contributed by atoms with Gasteiger partial charge < -0.3 is 10.6 Å². The van der Waals surface area contributed by atoms with E-state index in [2.05, 4.69) is 24.5 Å². The Kier molecular flexibility index (Phi) is 4.46. The molecule has 2 rings (SSSR count). The topological polar surface area (TPSA) is 41.1 Å². The molecule has 1 amide bonds. The van der Waals surface area contributed by atoms with Gasteiger partial charge in [-0.05, 0) is 42.5 Å². The van der Waals surface area contributed by atoms with Gasteiger partial charge in [-0.2, -0.15) is 0 Å². The molecule has 3 atom stereocenters. The van der Waals surface area contributed by atoms with Crippen LogP contribution in [-0.2, 0) is 0 Å². The Morgan fingerprint density at radius 3 is 2.47 bits per heavy atom. The molecule has 3 nitrogen and oxygen atoms in total. The first kappa shape index (κ1) is 13.9. The highest BCUT2D eigenvalue weighted by Crippen LogP contribution is 2.31. The molecule has 0 aromatic heterocycles. The molecule has 3 unspecified atom stereocenters. The van der Waals surface area contributed by atoms with Crippen molar-refractivity contribution < 1.29 is 4.79 Å². The average Bonchev–Trinajstić information content (AvgIpc) is 2.44. The third kappa shape index (κ3) is 3.28. The summed E-state index contributed by atoms with van der Waals surface area (Å²) in [7, 11) is 1.65. The quantitative estimate of drug-likeness (QED) is 0.875. The second kappa shape index (κ2) is 6.09. The zero-order valence-corrected chi connectivity index (χ0v) is 12.1. The minimum Gasteiger partial charge on any atom is -0.382 e. The van der Waals surface area contributed by atoms with E-state index >= 15 is 0 Å². The maximum absolute atomic E-state index is 11.5. The van der Waals surface area contributed by atoms with Crippen LogP contribution in [0.1, 0.15) is 43.5 Å². The Hall–Kier alpha value is -1.51. The Balaban J connectivity index is 2.01. The summed E-state index contributed by atoms with van der Waals surface area (Å²) in [6, 6.07) is 8.29. The van der Waals surface area contributed by atoms with Crippen LogP contribution < -0.4 is 10.6 Å². The molecule has 1 aliphatic carbocycles. The standard InChI is InChI=1S/C16H24N2O/c1-11-5-4-6-15(12(11)2)18-14-9-7-13(8-10-14)16(19)17-3/h7-12,15,18H,4-6H2,1-3H3,(H,17,19). The molecule has 0 aliphatic heterocycles. The molecule has 1 aliphatic rings. The lowest BCUT2D eigenvalue weighted by Gasteiger charge is -2.35. The SMILES string of the molecule is CNC(=O)c1ccc(NC2CCCC(C)C2C)cc1. The van der Waals surface area contributed by atoms with Crippen molar-refractivity contribution in [3.8, 4) is 0 Å². The molecule has 3 heteroatoms. The minimum absolute atomic E-state index is 0.0359. The zero-order chi connectivity index (χ0) is 13.8. The van der Waals surface area contributed by atoms with E-state index in [4.69, 9.17) is 0 Å². The van der Waals surface area contributed by atoms with E-state index in [1.54, 1.807) is 7.05 Å². The van der Waals surface area contributed by atoms with E-state index < -0.39 is 0 Å². The fourth-order valence-electron chi connectivity index (χ4n) is 2.86. The smallest absolute Gasteiger partial charge is 0.251 e. The molecule has 0 radical (unpaired) electrons. The summed E-state index contributed by atoms with van der Waals surface area (Å²) in [4.78, 5) is 11.5. The van der Waals surface area contributed by atoms with Gasteiger partial charge in [-0.1, -0.05) is 26.7 Å². The van der Waals surface area contributed by atoms with Crippen LogP contribution in [-0.4, -0.2) is 19.0 Å². The summed E-state index contributed by atoms with van der Waals surface area (Å²) in [5, 5.41) is 6.25. The third-order valence-corrected chi connectivity index (χ3v) is 4.43. The van der Waals surface area contributed by atoms with Crippen molar-refractivity contribution in [2.24, 2.45) is 11.8 Å². The fourth-order valence-corrected chi connectivity index (χ4v) is 2.86. The van der Waals surface area contributed by atoms with Crippen molar-refractivity contribution in [3.63, 3.8) is 0 Å². The number of carbonyl (C=O) groups is 1. The predicted octanol–water partition coefficient (Wildman–Crippen LogP) is 3.28. The number of hydrogen-bond acceptors (Lipinski definition) is 2. The third-order valence-electron chi connectivity index (χ3n) is 4.43. The lowest BCUT2D eigenvalue weighted by atomic mass is 9.78. The van der Waals surface area contributed by atoms with E-state index in [0.29, 0.717) is 17.5 Å². The highest BCUT2D eigenvalue weighted by molar-refractivity contribution is 5.94. The summed E-state index contributed by atoms with van der Waals surface area (Å²) in [6.45, 7) is 4.67. The molecule has 1 aromatic carbocycles. The van der Waals surface area contributed by atoms with Crippen LogP contribution in [0, 0.1) is 11.8 Å². The Morgan fingerprint density at radius 2 is 1.84 bits per heavy atom. The lowest BCUT2D eigenvalue weighted by molar-refractivity contribution is 0.0963. The molecule has 1 aromatic rings. The Morgan fingerprint density at radius 1 is 1.16 bits per heavy atom. The zero-order valence-electron chi connectivity index (χ0n) is 12.1. The van der Waals surface area contributed by atoms with Crippen molar-refractivity contribution in [2.45, 2.75) is 39.2 Å². The maximum atomic E-state index is 11.5. The van der Waals surface area contributed by atoms with Crippen molar-refractivity contribution in [1.29, 1.82) is 0 Å². The van der Waals surface area contributed by atoms with Gasteiger partial charge in [0.1, 0.15) is 0 Å². The van der Waals surface area contributed by atoms with Gasteiger partial charge in [0, 0.05) is 24.3 Å². The van der Waals surface area contributed by atoms with Crippen LogP contribution in [0.2, 0.25) is 0 Å². The van der Waals surface area contributed by atoms with E-state index in [9.17, 15) is 4.79 Å². The van der Waals surface area contributed by atoms with E-state index in [1.165, 1.54) is 19.3 Å². The first-order chi connectivity index (χ1) is 9.11. The summed E-state index contributed by atoms with van der Waals surface area (Å²) in [6.07, 6.45) is 3.89. The number of anilines is 1. The number of amides is 1. The van der Waals surface area contributed by atoms with Crippen LogP contribution >= 0.6 is 0 Å². The first-order valence-electron chi connectivity index (χ1n) is 7.20. The Bertz CT molecular complexity index is 427. The minimum atomic E-state index is -0.0359. The van der Waals surface area contributed by atoms with E-state index in [1.807, 2.05) is 24.3 Å². The molecule has 104 valence electrons. The van der Waals surface area contributed by atoms with Crippen molar-refractivity contribution in [3.05, 3.63) is 29.8 Å². The van der Waals surface area contributed by atoms with Crippen molar-refractivity contribution in [2.75, 3.05) is 12.4 Å². The first-order valence-corrected chi connectivity index (χ1v) is 7.20. The lowest BCUT2D eigenvalue weighted by Crippen LogP contribution is -2.35. The number of hydrogen-bond donors (Lipinski definition) is 2. The number of benzene rings is 1. The van der Waals surface area contributed by atoms with Gasteiger partial charge in [-0.25, -0.2) is 0 Å². The normalized spacial score (nSPS) is 26.8. The molecule has 0 bridgehead atoms. The number of nitrogens with one attached hydrogen (secondary N) is 2. The fraction of sp³-hybridized carbons (Fsp3) is 0.562. The summed E-state index contributed by atoms with van der Waals surface area (Å²) in [5.74, 6) is 1.45. The van der Waals surface area contributed by atoms with Gasteiger partial charge >= 0.3 is 0 Å². The van der Waals surface area contributed by atoms with Crippen LogP contribution in [0.25, 0.3) is 0 Å². The largest absolute Gasteiger partial charge is 0.382 e. The Labute approximate surface area is 115 Å². The predicted molar refractivity (Wildman–Crippen MR) is 79.4 cm³/mol. The molecule has 1 saturated carbocycles. The van der Waals surface area contributed by atoms with Gasteiger partial charge in [0.2, 0.25) is 0 Å². The van der Waals surface area contributed by atoms with Gasteiger partial charge in [0.05, 0.1) is 0 Å². The maximum Gasteiger partial charge on any atom is 0.251 e.